The maximum absolute atomic E-state index is 13.7. The summed E-state index contributed by atoms with van der Waals surface area (Å²) < 4.78 is 13.7. The van der Waals surface area contributed by atoms with Crippen LogP contribution in [0.4, 0.5) is 15.8 Å². The van der Waals surface area contributed by atoms with E-state index < -0.39 is 23.7 Å². The average molecular weight is 361 g/mol. The van der Waals surface area contributed by atoms with Crippen LogP contribution in [0.1, 0.15) is 20.8 Å². The molecule has 3 amide bonds. The fourth-order valence-corrected chi connectivity index (χ4v) is 1.68. The molecule has 0 fully saturated rings. The van der Waals surface area contributed by atoms with Gasteiger partial charge in [-0.15, -0.1) is 12.4 Å². The van der Waals surface area contributed by atoms with Crippen LogP contribution in [0.15, 0.2) is 18.2 Å². The Bertz CT molecular complexity index is 610. The first-order valence-corrected chi connectivity index (χ1v) is 7.11. The van der Waals surface area contributed by atoms with Gasteiger partial charge in [0.05, 0.1) is 18.3 Å². The zero-order valence-electron chi connectivity index (χ0n) is 13.7. The molecule has 0 bridgehead atoms. The van der Waals surface area contributed by atoms with Gasteiger partial charge >= 0.3 is 0 Å². The lowest BCUT2D eigenvalue weighted by Gasteiger charge is -2.15. The number of carbonyl (C=O) groups is 3. The average Bonchev–Trinajstić information content (AvgIpc) is 2.46. The quantitative estimate of drug-likeness (QED) is 0.611. The van der Waals surface area contributed by atoms with Gasteiger partial charge in [0.1, 0.15) is 5.82 Å². The number of carbonyl (C=O) groups excluding carboxylic acids is 3. The van der Waals surface area contributed by atoms with Crippen molar-refractivity contribution in [3.8, 4) is 0 Å². The summed E-state index contributed by atoms with van der Waals surface area (Å²) in [5.41, 5.74) is 5.90. The molecule has 0 aliphatic heterocycles. The van der Waals surface area contributed by atoms with Gasteiger partial charge in [-0.25, -0.2) is 4.39 Å². The summed E-state index contributed by atoms with van der Waals surface area (Å²) in [5.74, 6) is -2.10. The van der Waals surface area contributed by atoms with Crippen LogP contribution in [0.5, 0.6) is 0 Å². The van der Waals surface area contributed by atoms with E-state index in [9.17, 15) is 18.8 Å². The summed E-state index contributed by atoms with van der Waals surface area (Å²) in [6, 6.07) is 3.06. The number of hydrogen-bond acceptors (Lipinski definition) is 4. The van der Waals surface area contributed by atoms with Crippen LogP contribution in [0.2, 0.25) is 0 Å². The molecule has 0 saturated heterocycles. The minimum Gasteiger partial charge on any atom is -0.346 e. The zero-order valence-corrected chi connectivity index (χ0v) is 14.5. The molecule has 0 radical (unpaired) electrons. The highest BCUT2D eigenvalue weighted by Crippen LogP contribution is 2.19. The van der Waals surface area contributed by atoms with Crippen molar-refractivity contribution in [2.45, 2.75) is 26.8 Å². The maximum atomic E-state index is 13.7. The normalized spacial score (nSPS) is 11.2. The summed E-state index contributed by atoms with van der Waals surface area (Å²) in [7, 11) is 0. The number of nitrogens with one attached hydrogen (secondary N) is 3. The molecule has 1 aromatic carbocycles. The molecule has 1 aromatic rings. The van der Waals surface area contributed by atoms with Gasteiger partial charge in [-0.2, -0.15) is 0 Å². The van der Waals surface area contributed by atoms with E-state index >= 15 is 0 Å². The van der Waals surface area contributed by atoms with Gasteiger partial charge in [0.2, 0.25) is 17.7 Å². The number of anilines is 2. The Hall–Kier alpha value is -2.19. The van der Waals surface area contributed by atoms with Crippen LogP contribution in [-0.4, -0.2) is 30.3 Å². The van der Waals surface area contributed by atoms with Crippen LogP contribution in [0, 0.1) is 11.7 Å². The number of nitrogens with two attached hydrogens (primary N) is 1. The Morgan fingerprint density at radius 1 is 1.21 bits per heavy atom. The Morgan fingerprint density at radius 2 is 1.83 bits per heavy atom. The fraction of sp³-hybridized carbons (Fsp3) is 0.400. The van der Waals surface area contributed by atoms with Crippen molar-refractivity contribution >= 4 is 41.5 Å². The van der Waals surface area contributed by atoms with E-state index in [1.807, 2.05) is 0 Å². The van der Waals surface area contributed by atoms with E-state index in [0.29, 0.717) is 5.69 Å². The van der Waals surface area contributed by atoms with Crippen LogP contribution < -0.4 is 21.7 Å². The molecular weight excluding hydrogens is 339 g/mol. The molecule has 0 saturated carbocycles. The van der Waals surface area contributed by atoms with Crippen molar-refractivity contribution in [2.24, 2.45) is 11.7 Å². The van der Waals surface area contributed by atoms with Crippen LogP contribution >= 0.6 is 12.4 Å². The lowest BCUT2D eigenvalue weighted by atomic mass is 10.1. The smallest absolute Gasteiger partial charge is 0.243 e. The standard InChI is InChI=1S/C15H21FN4O3.ClH/c1-8(2)14(17)15(23)18-7-13(22)20-12-6-10(19-9(3)21)4-5-11(12)16;/h4-6,8,14H,7,17H2,1-3H3,(H,18,23)(H,19,21)(H,20,22);1H/t14-;/m0./s1. The Labute approximate surface area is 146 Å². The van der Waals surface area contributed by atoms with Crippen molar-refractivity contribution in [1.29, 1.82) is 0 Å². The molecule has 0 aliphatic carbocycles. The molecular formula is C15H22ClFN4O3. The molecule has 1 rings (SSSR count). The van der Waals surface area contributed by atoms with Crippen LogP contribution in [-0.2, 0) is 14.4 Å². The second kappa shape index (κ2) is 9.84. The Morgan fingerprint density at radius 3 is 2.38 bits per heavy atom. The Balaban J connectivity index is 0.00000529. The predicted octanol–water partition coefficient (Wildman–Crippen LogP) is 1.24. The first kappa shape index (κ1) is 21.8. The third kappa shape index (κ3) is 6.93. The molecule has 1 atom stereocenters. The molecule has 24 heavy (non-hydrogen) atoms. The minimum atomic E-state index is -0.720. The van der Waals surface area contributed by atoms with Crippen molar-refractivity contribution in [1.82, 2.24) is 5.32 Å². The largest absolute Gasteiger partial charge is 0.346 e. The molecule has 0 spiro atoms. The lowest BCUT2D eigenvalue weighted by molar-refractivity contribution is -0.125. The summed E-state index contributed by atoms with van der Waals surface area (Å²) in [6.45, 7) is 4.55. The van der Waals surface area contributed by atoms with E-state index in [0.717, 1.165) is 6.07 Å². The third-order valence-corrected chi connectivity index (χ3v) is 3.00. The molecule has 7 nitrogen and oxygen atoms in total. The van der Waals surface area contributed by atoms with Gasteiger partial charge in [-0.1, -0.05) is 13.8 Å². The highest BCUT2D eigenvalue weighted by Gasteiger charge is 2.18. The second-order valence-electron chi connectivity index (χ2n) is 5.41. The number of rotatable bonds is 6. The van der Waals surface area contributed by atoms with E-state index in [4.69, 9.17) is 5.73 Å². The monoisotopic (exact) mass is 360 g/mol. The van der Waals surface area contributed by atoms with E-state index in [2.05, 4.69) is 16.0 Å². The molecule has 0 unspecified atom stereocenters. The molecule has 9 heteroatoms. The van der Waals surface area contributed by atoms with E-state index in [1.165, 1.54) is 19.1 Å². The first-order chi connectivity index (χ1) is 10.7. The maximum Gasteiger partial charge on any atom is 0.243 e. The molecule has 0 aliphatic rings. The molecule has 134 valence electrons. The summed E-state index contributed by atoms with van der Waals surface area (Å²) in [5, 5.41) is 7.19. The lowest BCUT2D eigenvalue weighted by Crippen LogP contribution is -2.46. The van der Waals surface area contributed by atoms with Crippen molar-refractivity contribution < 1.29 is 18.8 Å². The van der Waals surface area contributed by atoms with Crippen LogP contribution in [0.3, 0.4) is 0 Å². The number of hydrogen-bond donors (Lipinski definition) is 4. The fourth-order valence-electron chi connectivity index (χ4n) is 1.68. The Kier molecular flexibility index (Phi) is 8.94. The highest BCUT2D eigenvalue weighted by atomic mass is 35.5. The summed E-state index contributed by atoms with van der Waals surface area (Å²) >= 11 is 0. The van der Waals surface area contributed by atoms with Crippen molar-refractivity contribution in [2.75, 3.05) is 17.2 Å². The summed E-state index contributed by atoms with van der Waals surface area (Å²) in [6.07, 6.45) is 0. The highest BCUT2D eigenvalue weighted by molar-refractivity contribution is 5.96. The third-order valence-electron chi connectivity index (χ3n) is 3.00. The van der Waals surface area contributed by atoms with E-state index in [1.54, 1.807) is 13.8 Å². The van der Waals surface area contributed by atoms with Gasteiger partial charge in [-0.3, -0.25) is 14.4 Å². The SMILES string of the molecule is CC(=O)Nc1ccc(F)c(NC(=O)CNC(=O)[C@@H](N)C(C)C)c1.Cl. The molecule has 0 heterocycles. The first-order valence-electron chi connectivity index (χ1n) is 7.11. The molecule has 0 aromatic heterocycles. The number of halogens is 2. The number of amides is 3. The second-order valence-corrected chi connectivity index (χ2v) is 5.41. The zero-order chi connectivity index (χ0) is 17.6. The van der Waals surface area contributed by atoms with Gasteiger partial charge < -0.3 is 21.7 Å². The van der Waals surface area contributed by atoms with Gasteiger partial charge in [0, 0.05) is 12.6 Å². The van der Waals surface area contributed by atoms with E-state index in [-0.39, 0.29) is 36.5 Å². The number of benzene rings is 1. The van der Waals surface area contributed by atoms with Gasteiger partial charge in [0.25, 0.3) is 0 Å². The topological polar surface area (TPSA) is 113 Å². The van der Waals surface area contributed by atoms with Gasteiger partial charge in [0.15, 0.2) is 0 Å². The van der Waals surface area contributed by atoms with Crippen LogP contribution in [0.25, 0.3) is 0 Å². The van der Waals surface area contributed by atoms with Gasteiger partial charge in [-0.05, 0) is 24.1 Å². The summed E-state index contributed by atoms with van der Waals surface area (Å²) in [4.78, 5) is 34.4. The van der Waals surface area contributed by atoms with Crippen molar-refractivity contribution in [3.63, 3.8) is 0 Å². The molecule has 5 N–H and O–H groups in total. The predicted molar refractivity (Wildman–Crippen MR) is 92.4 cm³/mol. The van der Waals surface area contributed by atoms with Crippen molar-refractivity contribution in [3.05, 3.63) is 24.0 Å². The minimum absolute atomic E-state index is 0.